The Balaban J connectivity index is 1.70. The van der Waals surface area contributed by atoms with Crippen molar-refractivity contribution in [3.8, 4) is 0 Å². The Morgan fingerprint density at radius 2 is 1.62 bits per heavy atom. The van der Waals surface area contributed by atoms with E-state index in [1.807, 2.05) is 42.5 Å². The first-order valence-corrected chi connectivity index (χ1v) is 9.99. The number of fused-ring (bicyclic) bond motifs is 1. The van der Waals surface area contributed by atoms with E-state index in [4.69, 9.17) is 0 Å². The van der Waals surface area contributed by atoms with Gasteiger partial charge < -0.3 is 0 Å². The number of para-hydroxylation sites is 1. The molecule has 1 N–H and O–H groups in total. The third-order valence-electron chi connectivity index (χ3n) is 3.64. The van der Waals surface area contributed by atoms with Gasteiger partial charge in [-0.05, 0) is 46.7 Å². The average molecular weight is 383 g/mol. The molecule has 0 atom stereocenters. The van der Waals surface area contributed by atoms with Gasteiger partial charge in [0.25, 0.3) is 10.0 Å². The molecule has 1 heterocycles. The van der Waals surface area contributed by atoms with Gasteiger partial charge in [-0.15, -0.1) is 0 Å². The highest BCUT2D eigenvalue weighted by atomic mass is 32.2. The highest BCUT2D eigenvalue weighted by molar-refractivity contribution is 7.99. The van der Waals surface area contributed by atoms with E-state index in [-0.39, 0.29) is 10.4 Å². The average Bonchev–Trinajstić information content (AvgIpc) is 3.12. The van der Waals surface area contributed by atoms with Crippen LogP contribution in [0.25, 0.3) is 11.0 Å². The van der Waals surface area contributed by atoms with E-state index in [2.05, 4.69) is 19.7 Å². The number of rotatable bonds is 5. The van der Waals surface area contributed by atoms with Crippen LogP contribution in [0.15, 0.2) is 92.1 Å². The fourth-order valence-corrected chi connectivity index (χ4v) is 4.67. The van der Waals surface area contributed by atoms with Gasteiger partial charge in [0.15, 0.2) is 5.52 Å². The molecule has 0 fully saturated rings. The Kier molecular flexibility index (Phi) is 4.36. The maximum Gasteiger partial charge on any atom is 0.264 e. The third kappa shape index (κ3) is 3.29. The van der Waals surface area contributed by atoms with Crippen molar-refractivity contribution in [2.75, 3.05) is 4.72 Å². The molecule has 0 aliphatic rings. The fourth-order valence-electron chi connectivity index (χ4n) is 2.45. The number of sulfonamides is 1. The first-order chi connectivity index (χ1) is 12.6. The topological polar surface area (TPSA) is 85.1 Å². The van der Waals surface area contributed by atoms with Crippen molar-refractivity contribution in [1.82, 2.24) is 10.3 Å². The molecular weight excluding hydrogens is 370 g/mol. The molecule has 0 aliphatic carbocycles. The Hall–Kier alpha value is -2.84. The van der Waals surface area contributed by atoms with E-state index in [9.17, 15) is 8.42 Å². The minimum absolute atomic E-state index is 0.0239. The molecule has 0 aliphatic heterocycles. The van der Waals surface area contributed by atoms with Gasteiger partial charge in [-0.2, -0.15) is 0 Å². The number of hydrogen-bond acceptors (Lipinski definition) is 6. The summed E-state index contributed by atoms with van der Waals surface area (Å²) in [5.74, 6) is 0. The van der Waals surface area contributed by atoms with Gasteiger partial charge in [0, 0.05) is 9.79 Å². The molecule has 0 saturated carbocycles. The summed E-state index contributed by atoms with van der Waals surface area (Å²) in [4.78, 5) is 1.84. The molecule has 0 unspecified atom stereocenters. The van der Waals surface area contributed by atoms with Gasteiger partial charge in [-0.1, -0.05) is 48.2 Å². The zero-order valence-corrected chi connectivity index (χ0v) is 15.0. The van der Waals surface area contributed by atoms with Crippen molar-refractivity contribution in [2.24, 2.45) is 0 Å². The lowest BCUT2D eigenvalue weighted by Gasteiger charge is -2.12. The number of nitrogens with one attached hydrogen (secondary N) is 1. The van der Waals surface area contributed by atoms with Gasteiger partial charge in [0.2, 0.25) is 0 Å². The predicted molar refractivity (Wildman–Crippen MR) is 99.6 cm³/mol. The second-order valence-electron chi connectivity index (χ2n) is 5.40. The molecule has 0 amide bonds. The number of benzene rings is 3. The Labute approximate surface area is 154 Å². The molecule has 1 aromatic heterocycles. The summed E-state index contributed by atoms with van der Waals surface area (Å²) in [5.41, 5.74) is 1.09. The van der Waals surface area contributed by atoms with Gasteiger partial charge in [-0.25, -0.2) is 13.0 Å². The molecule has 4 rings (SSSR count). The smallest absolute Gasteiger partial charge is 0.264 e. The SMILES string of the molecule is O=S(=O)(Nc1ccccc1Sc1ccccc1)c1cccc2nonc12. The van der Waals surface area contributed by atoms with E-state index in [1.54, 1.807) is 24.3 Å². The Morgan fingerprint density at radius 1 is 0.846 bits per heavy atom. The van der Waals surface area contributed by atoms with Crippen LogP contribution in [0.2, 0.25) is 0 Å². The molecule has 0 saturated heterocycles. The first-order valence-electron chi connectivity index (χ1n) is 7.69. The second-order valence-corrected chi connectivity index (χ2v) is 8.17. The molecule has 6 nitrogen and oxygen atoms in total. The van der Waals surface area contributed by atoms with E-state index in [1.165, 1.54) is 17.8 Å². The van der Waals surface area contributed by atoms with Crippen molar-refractivity contribution in [2.45, 2.75) is 14.7 Å². The van der Waals surface area contributed by atoms with Crippen LogP contribution < -0.4 is 4.72 Å². The Bertz CT molecular complexity index is 1160. The van der Waals surface area contributed by atoms with Crippen LogP contribution >= 0.6 is 11.8 Å². The highest BCUT2D eigenvalue weighted by Gasteiger charge is 2.21. The van der Waals surface area contributed by atoms with Crippen molar-refractivity contribution < 1.29 is 13.0 Å². The molecule has 26 heavy (non-hydrogen) atoms. The lowest BCUT2D eigenvalue weighted by molar-refractivity contribution is 0.315. The van der Waals surface area contributed by atoms with Crippen molar-refractivity contribution in [1.29, 1.82) is 0 Å². The standard InChI is InChI=1S/C18H13N3O3S2/c22-26(23,17-12-6-10-15-18(17)20-24-19-15)21-14-9-4-5-11-16(14)25-13-7-2-1-3-8-13/h1-12,21H. The van der Waals surface area contributed by atoms with Crippen LogP contribution in [0.5, 0.6) is 0 Å². The summed E-state index contributed by atoms with van der Waals surface area (Å²) < 4.78 is 33.1. The quantitative estimate of drug-likeness (QED) is 0.557. The summed E-state index contributed by atoms with van der Waals surface area (Å²) in [5, 5.41) is 7.40. The minimum Gasteiger partial charge on any atom is -0.278 e. The van der Waals surface area contributed by atoms with Crippen LogP contribution in [0.1, 0.15) is 0 Å². The Morgan fingerprint density at radius 3 is 2.46 bits per heavy atom. The molecule has 4 aromatic rings. The number of aromatic nitrogens is 2. The van der Waals surface area contributed by atoms with Crippen LogP contribution in [0.4, 0.5) is 5.69 Å². The third-order valence-corrected chi connectivity index (χ3v) is 6.12. The second kappa shape index (κ2) is 6.81. The molecule has 0 spiro atoms. The maximum atomic E-state index is 12.9. The number of hydrogen-bond donors (Lipinski definition) is 1. The van der Waals surface area contributed by atoms with Crippen LogP contribution in [-0.4, -0.2) is 18.7 Å². The van der Waals surface area contributed by atoms with Gasteiger partial charge >= 0.3 is 0 Å². The summed E-state index contributed by atoms with van der Waals surface area (Å²) in [6, 6.07) is 21.7. The van der Waals surface area contributed by atoms with Crippen molar-refractivity contribution in [3.05, 3.63) is 72.8 Å². The number of anilines is 1. The molecular formula is C18H13N3O3S2. The van der Waals surface area contributed by atoms with Crippen LogP contribution in [-0.2, 0) is 10.0 Å². The lowest BCUT2D eigenvalue weighted by Crippen LogP contribution is -2.14. The van der Waals surface area contributed by atoms with Gasteiger partial charge in [0.1, 0.15) is 10.4 Å². The molecule has 8 heteroatoms. The predicted octanol–water partition coefficient (Wildman–Crippen LogP) is 4.17. The van der Waals surface area contributed by atoms with Crippen molar-refractivity contribution >= 4 is 38.5 Å². The van der Waals surface area contributed by atoms with Gasteiger partial charge in [-0.3, -0.25) is 4.72 Å². The fraction of sp³-hybridized carbons (Fsp3) is 0. The minimum atomic E-state index is -3.85. The molecule has 0 bridgehead atoms. The lowest BCUT2D eigenvalue weighted by atomic mass is 10.3. The first kappa shape index (κ1) is 16.6. The summed E-state index contributed by atoms with van der Waals surface area (Å²) in [6.45, 7) is 0. The number of nitrogens with zero attached hydrogens (tertiary/aromatic N) is 2. The van der Waals surface area contributed by atoms with E-state index in [0.717, 1.165) is 9.79 Å². The zero-order valence-electron chi connectivity index (χ0n) is 13.4. The largest absolute Gasteiger partial charge is 0.278 e. The van der Waals surface area contributed by atoms with Crippen LogP contribution in [0.3, 0.4) is 0 Å². The van der Waals surface area contributed by atoms with Crippen molar-refractivity contribution in [3.63, 3.8) is 0 Å². The molecule has 0 radical (unpaired) electrons. The van der Waals surface area contributed by atoms with E-state index < -0.39 is 10.0 Å². The van der Waals surface area contributed by atoms with Crippen LogP contribution in [0, 0.1) is 0 Å². The van der Waals surface area contributed by atoms with E-state index in [0.29, 0.717) is 11.2 Å². The zero-order chi connectivity index (χ0) is 18.0. The molecule has 3 aromatic carbocycles. The normalized spacial score (nSPS) is 11.5. The summed E-state index contributed by atoms with van der Waals surface area (Å²) in [7, 11) is -3.85. The monoisotopic (exact) mass is 383 g/mol. The van der Waals surface area contributed by atoms with Gasteiger partial charge in [0.05, 0.1) is 5.69 Å². The maximum absolute atomic E-state index is 12.9. The summed E-state index contributed by atoms with van der Waals surface area (Å²) >= 11 is 1.48. The highest BCUT2D eigenvalue weighted by Crippen LogP contribution is 2.34. The molecule has 130 valence electrons. The van der Waals surface area contributed by atoms with E-state index >= 15 is 0 Å². The summed E-state index contributed by atoms with van der Waals surface area (Å²) in [6.07, 6.45) is 0.